The van der Waals surface area contributed by atoms with Gasteiger partial charge in [-0.1, -0.05) is 39.3 Å². The Bertz CT molecular complexity index is 2240. The van der Waals surface area contributed by atoms with Crippen molar-refractivity contribution in [2.45, 2.75) is 264 Å². The number of allylic oxidation sites excluding steroid dienone is 1. The molecule has 0 aromatic carbocycles. The van der Waals surface area contributed by atoms with Gasteiger partial charge < -0.3 is 139 Å². The van der Waals surface area contributed by atoms with Crippen LogP contribution in [0, 0.1) is 46.3 Å². The lowest BCUT2D eigenvalue weighted by molar-refractivity contribution is -0.395. The molecule has 6 saturated heterocycles. The Labute approximate surface area is 492 Å². The van der Waals surface area contributed by atoms with Crippen molar-refractivity contribution in [1.82, 2.24) is 0 Å². The van der Waals surface area contributed by atoms with Crippen molar-refractivity contribution < 1.29 is 139 Å². The van der Waals surface area contributed by atoms with Crippen LogP contribution >= 0.6 is 0 Å². The van der Waals surface area contributed by atoms with Crippen LogP contribution in [0.4, 0.5) is 0 Å². The summed E-state index contributed by atoms with van der Waals surface area (Å²) in [5.41, 5.74) is 0.889. The molecule has 10 aliphatic rings. The number of hydrogen-bond donors (Lipinski definition) is 17. The molecule has 0 spiro atoms. The van der Waals surface area contributed by atoms with Crippen LogP contribution in [0.15, 0.2) is 11.6 Å². The van der Waals surface area contributed by atoms with Crippen molar-refractivity contribution in [3.05, 3.63) is 11.6 Å². The predicted octanol–water partition coefficient (Wildman–Crippen LogP) is -5.18. The van der Waals surface area contributed by atoms with Gasteiger partial charge in [0.15, 0.2) is 37.2 Å². The van der Waals surface area contributed by atoms with Crippen LogP contribution in [0.5, 0.6) is 0 Å². The fourth-order valence-corrected chi connectivity index (χ4v) is 16.5. The van der Waals surface area contributed by atoms with E-state index in [1.165, 1.54) is 12.5 Å². The zero-order valence-electron chi connectivity index (χ0n) is 48.6. The minimum absolute atomic E-state index is 0.0987. The second-order valence-electron chi connectivity index (χ2n) is 26.6. The predicted molar refractivity (Wildman–Crippen MR) is 283 cm³/mol. The second-order valence-corrected chi connectivity index (χ2v) is 26.6. The lowest BCUT2D eigenvalue weighted by Gasteiger charge is -2.59. The summed E-state index contributed by atoms with van der Waals surface area (Å²) in [5.74, 6) is -0.488. The first-order chi connectivity index (χ1) is 40.2. The lowest BCUT2D eigenvalue weighted by atomic mass is 9.46. The van der Waals surface area contributed by atoms with Gasteiger partial charge in [-0.3, -0.25) is 0 Å². The average Bonchev–Trinajstić information content (AvgIpc) is 1.60. The SMILES string of the molecule is C[C@@H](CCC1(O)O[C@H]2C[C@H]3[C@@H]4CCC5=C[C@@H](O[C@@H]6O[C@H](CO)[C@@H](O[C@@H]7O[C@H](CO)[C@@H](O)[C@H](O[C@@H]8O[C@H](CO)[C@@H](O)[C@H](O)[C@H]8O)[C@H]7O)[C@H](O)[C@H]6O[C@@H]6O[C@@H](C)[C@H](O)[C@@H](O)[C@H]6O)CC[C@]5(C)[C@H]4CC[C@]3(C)[C@H]2[C@@H]1C)CO[C@@H]1O[C@H](CO)[C@@H](O)[C@H](O)[C@H]1O. The molecule has 0 amide bonds. The van der Waals surface area contributed by atoms with Crippen LogP contribution in [0.2, 0.25) is 0 Å². The first-order valence-corrected chi connectivity index (χ1v) is 30.5. The van der Waals surface area contributed by atoms with Crippen LogP contribution < -0.4 is 0 Å². The molecule has 28 nitrogen and oxygen atoms in total. The van der Waals surface area contributed by atoms with Gasteiger partial charge in [-0.25, -0.2) is 0 Å². The molecule has 36 atom stereocenters. The molecule has 0 bridgehead atoms. The largest absolute Gasteiger partial charge is 0.394 e. The topological polar surface area (TPSA) is 445 Å². The summed E-state index contributed by atoms with van der Waals surface area (Å²) < 4.78 is 66.2. The number of rotatable bonds is 18. The Morgan fingerprint density at radius 1 is 0.541 bits per heavy atom. The number of aliphatic hydroxyl groups is 17. The quantitative estimate of drug-likeness (QED) is 0.0571. The van der Waals surface area contributed by atoms with E-state index in [9.17, 15) is 86.8 Å². The van der Waals surface area contributed by atoms with Crippen molar-refractivity contribution in [3.8, 4) is 0 Å². The zero-order valence-corrected chi connectivity index (χ0v) is 48.6. The number of aliphatic hydroxyl groups excluding tert-OH is 16. The third kappa shape index (κ3) is 12.2. The van der Waals surface area contributed by atoms with E-state index >= 15 is 0 Å². The summed E-state index contributed by atoms with van der Waals surface area (Å²) in [5, 5.41) is 183. The molecule has 85 heavy (non-hydrogen) atoms. The van der Waals surface area contributed by atoms with Crippen molar-refractivity contribution in [1.29, 1.82) is 0 Å². The van der Waals surface area contributed by atoms with Gasteiger partial charge >= 0.3 is 0 Å². The first kappa shape index (κ1) is 66.5. The lowest BCUT2D eigenvalue weighted by Crippen LogP contribution is -2.68. The van der Waals surface area contributed by atoms with Crippen molar-refractivity contribution in [3.63, 3.8) is 0 Å². The van der Waals surface area contributed by atoms with Crippen LogP contribution in [-0.2, 0) is 52.1 Å². The molecule has 490 valence electrons. The molecule has 17 N–H and O–H groups in total. The molecule has 10 rings (SSSR count). The Morgan fingerprint density at radius 3 is 1.72 bits per heavy atom. The highest BCUT2D eigenvalue weighted by Crippen LogP contribution is 2.70. The van der Waals surface area contributed by atoms with Gasteiger partial charge in [0.2, 0.25) is 0 Å². The summed E-state index contributed by atoms with van der Waals surface area (Å²) in [4.78, 5) is 0. The van der Waals surface area contributed by atoms with Gasteiger partial charge in [-0.15, -0.1) is 0 Å². The smallest absolute Gasteiger partial charge is 0.187 e. The Kier molecular flexibility index (Phi) is 20.6. The molecule has 6 heterocycles. The Hall–Kier alpha value is -1.38. The minimum Gasteiger partial charge on any atom is -0.394 e. The van der Waals surface area contributed by atoms with Crippen LogP contribution in [0.1, 0.15) is 92.4 Å². The normalized spacial score (nSPS) is 54.8. The van der Waals surface area contributed by atoms with Gasteiger partial charge in [-0.2, -0.15) is 0 Å². The van der Waals surface area contributed by atoms with Crippen LogP contribution in [0.3, 0.4) is 0 Å². The van der Waals surface area contributed by atoms with Gasteiger partial charge in [0.25, 0.3) is 0 Å². The number of fused-ring (bicyclic) bond motifs is 7. The number of hydrogen-bond acceptors (Lipinski definition) is 28. The van der Waals surface area contributed by atoms with Crippen molar-refractivity contribution in [2.75, 3.05) is 33.0 Å². The third-order valence-electron chi connectivity index (χ3n) is 21.6. The average molecular weight is 1230 g/mol. The summed E-state index contributed by atoms with van der Waals surface area (Å²) in [6.07, 6.45) is -33.3. The van der Waals surface area contributed by atoms with Gasteiger partial charge in [0.1, 0.15) is 116 Å². The van der Waals surface area contributed by atoms with Gasteiger partial charge in [0, 0.05) is 12.3 Å². The Morgan fingerprint density at radius 2 is 1.08 bits per heavy atom. The highest BCUT2D eigenvalue weighted by molar-refractivity contribution is 5.26. The highest BCUT2D eigenvalue weighted by atomic mass is 16.8. The molecule has 28 heteroatoms. The molecule has 0 aromatic rings. The molecule has 3 saturated carbocycles. The fraction of sp³-hybridized carbons (Fsp3) is 0.965. The minimum atomic E-state index is -2.04. The van der Waals surface area contributed by atoms with Crippen LogP contribution in [0.25, 0.3) is 0 Å². The monoisotopic (exact) mass is 1230 g/mol. The van der Waals surface area contributed by atoms with Crippen molar-refractivity contribution in [2.24, 2.45) is 46.3 Å². The van der Waals surface area contributed by atoms with Crippen molar-refractivity contribution >= 4 is 0 Å². The zero-order chi connectivity index (χ0) is 61.5. The van der Waals surface area contributed by atoms with E-state index in [2.05, 4.69) is 26.8 Å². The van der Waals surface area contributed by atoms with E-state index in [0.717, 1.165) is 38.5 Å². The molecule has 0 aromatic heterocycles. The van der Waals surface area contributed by atoms with E-state index in [1.807, 2.05) is 6.92 Å². The summed E-state index contributed by atoms with van der Waals surface area (Å²) in [7, 11) is 0. The maximum Gasteiger partial charge on any atom is 0.187 e. The number of ether oxygens (including phenoxy) is 11. The molecule has 4 aliphatic carbocycles. The van der Waals surface area contributed by atoms with E-state index in [4.69, 9.17) is 52.1 Å². The Balaban J connectivity index is 0.806. The van der Waals surface area contributed by atoms with E-state index < -0.39 is 192 Å². The van der Waals surface area contributed by atoms with Gasteiger partial charge in [0.05, 0.1) is 51.3 Å². The van der Waals surface area contributed by atoms with Crippen LogP contribution in [-0.4, -0.2) is 291 Å². The highest BCUT2D eigenvalue weighted by Gasteiger charge is 2.68. The molecule has 0 radical (unpaired) electrons. The molecular weight excluding hydrogens is 1130 g/mol. The molecule has 1 unspecified atom stereocenters. The molecule has 9 fully saturated rings. The van der Waals surface area contributed by atoms with E-state index in [0.29, 0.717) is 37.0 Å². The maximum absolute atomic E-state index is 12.4. The van der Waals surface area contributed by atoms with E-state index in [1.54, 1.807) is 0 Å². The second kappa shape index (κ2) is 26.3. The fourth-order valence-electron chi connectivity index (χ4n) is 16.5. The summed E-state index contributed by atoms with van der Waals surface area (Å²) in [6, 6.07) is 0. The maximum atomic E-state index is 12.4. The standard InChI is InChI=1S/C57H94O28/c1-21(20-75-50-42(69)40(67)36(63)30(16-58)78-50)8-13-57(74)22(2)34-29(85-57)15-28-26-7-6-24-14-25(9-11-55(24,4)27(26)10-12-56(28,34)5)77-54-49(84-51-43(70)39(66)35(62)23(3)76-51)45(72)47(33(19-61)81-54)82-53-46(73)48(38(65)32(18-60)80-53)83-52-44(71)41(68)37(64)31(17-59)79-52/h14,21-23,25-54,58-74H,6-13,15-20H2,1-5H3/t21-,22-,23-,25-,26+,27-,28-,29-,30+,31+,32+,33+,34-,35-,36+,37+,38+,39+,40-,41-,42+,43+,44+,45-,46+,47+,48-,49+,50+,51-,52-,53-,54+,55-,56-,57?/m0/s1. The summed E-state index contributed by atoms with van der Waals surface area (Å²) >= 11 is 0. The third-order valence-corrected chi connectivity index (χ3v) is 21.6. The van der Waals surface area contributed by atoms with Gasteiger partial charge in [-0.05, 0) is 98.7 Å². The molecular formula is C57H94O28. The molecule has 6 aliphatic heterocycles. The first-order valence-electron chi connectivity index (χ1n) is 30.5. The van der Waals surface area contributed by atoms with E-state index in [-0.39, 0.29) is 41.3 Å². The summed E-state index contributed by atoms with van der Waals surface area (Å²) in [6.45, 7) is 7.17.